The summed E-state index contributed by atoms with van der Waals surface area (Å²) in [4.78, 5) is 4.00. The molecule has 0 aliphatic rings. The van der Waals surface area contributed by atoms with Gasteiger partial charge in [-0.25, -0.2) is 0 Å². The van der Waals surface area contributed by atoms with Gasteiger partial charge in [0, 0.05) is 31.0 Å². The first-order valence-corrected chi connectivity index (χ1v) is 7.51. The molecule has 0 aliphatic heterocycles. The van der Waals surface area contributed by atoms with E-state index in [2.05, 4.69) is 10.1 Å². The fraction of sp³-hybridized carbons (Fsp3) is 0.625. The van der Waals surface area contributed by atoms with E-state index < -0.39 is 0 Å². The zero-order chi connectivity index (χ0) is 15.6. The summed E-state index contributed by atoms with van der Waals surface area (Å²) in [5, 5.41) is 11.8. The molecular weight excluding hydrogens is 266 g/mol. The van der Waals surface area contributed by atoms with Crippen LogP contribution in [0.5, 0.6) is 0 Å². The highest BCUT2D eigenvalue weighted by atomic mass is 16.5. The third-order valence-electron chi connectivity index (χ3n) is 3.65. The second-order valence-corrected chi connectivity index (χ2v) is 5.90. The van der Waals surface area contributed by atoms with Gasteiger partial charge in [-0.2, -0.15) is 0 Å². The summed E-state index contributed by atoms with van der Waals surface area (Å²) in [6, 6.07) is 4.07. The van der Waals surface area contributed by atoms with Crippen molar-refractivity contribution in [3.05, 3.63) is 30.1 Å². The average molecular weight is 293 g/mol. The van der Waals surface area contributed by atoms with Gasteiger partial charge < -0.3 is 15.7 Å². The van der Waals surface area contributed by atoms with Crippen LogP contribution in [-0.4, -0.2) is 29.2 Å². The largest absolute Gasteiger partial charge is 0.409 e. The highest BCUT2D eigenvalue weighted by Gasteiger charge is 2.22. The Morgan fingerprint density at radius 3 is 2.57 bits per heavy atom. The Kier molecular flexibility index (Phi) is 7.75. The number of nitrogens with zero attached hydrogens (tertiary/aromatic N) is 2. The Labute approximate surface area is 127 Å². The summed E-state index contributed by atoms with van der Waals surface area (Å²) in [5.41, 5.74) is 6.70. The molecule has 0 amide bonds. The van der Waals surface area contributed by atoms with E-state index in [-0.39, 0.29) is 5.41 Å². The molecule has 0 radical (unpaired) electrons. The first-order valence-electron chi connectivity index (χ1n) is 7.51. The van der Waals surface area contributed by atoms with E-state index in [1.807, 2.05) is 38.4 Å². The number of nitrogens with two attached hydrogens (primary N) is 1. The topological polar surface area (TPSA) is 80.7 Å². The van der Waals surface area contributed by atoms with Gasteiger partial charge in [-0.05, 0) is 43.4 Å². The summed E-state index contributed by atoms with van der Waals surface area (Å²) in [5.74, 6) is 0.292. The van der Waals surface area contributed by atoms with Crippen molar-refractivity contribution in [3.63, 3.8) is 0 Å². The number of hydrogen-bond acceptors (Lipinski definition) is 4. The van der Waals surface area contributed by atoms with Crippen LogP contribution < -0.4 is 5.73 Å². The van der Waals surface area contributed by atoms with Gasteiger partial charge in [-0.15, -0.1) is 0 Å². The quantitative estimate of drug-likeness (QED) is 0.228. The lowest BCUT2D eigenvalue weighted by Crippen LogP contribution is -2.31. The molecule has 0 unspecified atom stereocenters. The highest BCUT2D eigenvalue weighted by Crippen LogP contribution is 2.23. The third-order valence-corrected chi connectivity index (χ3v) is 3.65. The van der Waals surface area contributed by atoms with E-state index in [1.54, 1.807) is 0 Å². The molecule has 1 aromatic heterocycles. The number of hydrogen-bond donors (Lipinski definition) is 2. The number of aryl methyl sites for hydroxylation is 1. The Bertz CT molecular complexity index is 419. The summed E-state index contributed by atoms with van der Waals surface area (Å²) in [6.45, 7) is 5.52. The maximum Gasteiger partial charge on any atom is 0.144 e. The maximum absolute atomic E-state index is 8.70. The first-order chi connectivity index (χ1) is 10.1. The Hall–Kier alpha value is -1.62. The molecule has 1 heterocycles. The van der Waals surface area contributed by atoms with Crippen LogP contribution in [0.15, 0.2) is 29.7 Å². The number of ether oxygens (including phenoxy) is 1. The number of oxime groups is 1. The standard InChI is InChI=1S/C16H27N3O2/c1-16(2,15(17)19-20)9-3-4-12-21-13-5-6-14-7-10-18-11-8-14/h7-8,10-11,20H,3-6,9,12-13H2,1-2H3,(H2,17,19). The molecule has 3 N–H and O–H groups in total. The van der Waals surface area contributed by atoms with Crippen molar-refractivity contribution in [2.45, 2.75) is 46.0 Å². The van der Waals surface area contributed by atoms with E-state index in [4.69, 9.17) is 15.7 Å². The number of aromatic nitrogens is 1. The SMILES string of the molecule is CC(C)(CCCCOCCCc1ccncc1)/C(N)=N/O. The van der Waals surface area contributed by atoms with Gasteiger partial charge in [0.2, 0.25) is 0 Å². The third kappa shape index (κ3) is 7.09. The van der Waals surface area contributed by atoms with Gasteiger partial charge >= 0.3 is 0 Å². The van der Waals surface area contributed by atoms with E-state index in [9.17, 15) is 0 Å². The van der Waals surface area contributed by atoms with Gasteiger partial charge in [-0.1, -0.05) is 25.4 Å². The monoisotopic (exact) mass is 293 g/mol. The van der Waals surface area contributed by atoms with Gasteiger partial charge in [-0.3, -0.25) is 4.98 Å². The molecule has 5 nitrogen and oxygen atoms in total. The summed E-state index contributed by atoms with van der Waals surface area (Å²) >= 11 is 0. The lowest BCUT2D eigenvalue weighted by Gasteiger charge is -2.22. The summed E-state index contributed by atoms with van der Waals surface area (Å²) in [6.07, 6.45) is 8.59. The summed E-state index contributed by atoms with van der Waals surface area (Å²) in [7, 11) is 0. The van der Waals surface area contributed by atoms with Gasteiger partial charge in [0.05, 0.1) is 0 Å². The van der Waals surface area contributed by atoms with Crippen LogP contribution >= 0.6 is 0 Å². The highest BCUT2D eigenvalue weighted by molar-refractivity contribution is 5.85. The molecular formula is C16H27N3O2. The molecule has 0 saturated carbocycles. The number of unbranched alkanes of at least 4 members (excludes halogenated alkanes) is 1. The second-order valence-electron chi connectivity index (χ2n) is 5.90. The second kappa shape index (κ2) is 9.34. The normalized spacial score (nSPS) is 12.6. The lowest BCUT2D eigenvalue weighted by atomic mass is 9.86. The van der Waals surface area contributed by atoms with Crippen molar-refractivity contribution in [2.24, 2.45) is 16.3 Å². The first kappa shape index (κ1) is 17.4. The minimum atomic E-state index is -0.254. The van der Waals surface area contributed by atoms with Gasteiger partial charge in [0.25, 0.3) is 0 Å². The van der Waals surface area contributed by atoms with E-state index >= 15 is 0 Å². The van der Waals surface area contributed by atoms with E-state index in [0.29, 0.717) is 5.84 Å². The predicted octanol–water partition coefficient (Wildman–Crippen LogP) is 2.97. The Balaban J connectivity index is 2.00. The van der Waals surface area contributed by atoms with Gasteiger partial charge in [0.1, 0.15) is 5.84 Å². The van der Waals surface area contributed by atoms with E-state index in [0.717, 1.165) is 45.3 Å². The van der Waals surface area contributed by atoms with Crippen LogP contribution in [0.4, 0.5) is 0 Å². The zero-order valence-electron chi connectivity index (χ0n) is 13.1. The lowest BCUT2D eigenvalue weighted by molar-refractivity contribution is 0.126. The van der Waals surface area contributed by atoms with E-state index in [1.165, 1.54) is 5.56 Å². The van der Waals surface area contributed by atoms with Crippen LogP contribution in [0.25, 0.3) is 0 Å². The molecule has 1 rings (SSSR count). The molecule has 118 valence electrons. The molecule has 0 bridgehead atoms. The molecule has 21 heavy (non-hydrogen) atoms. The zero-order valence-corrected chi connectivity index (χ0v) is 13.1. The van der Waals surface area contributed by atoms with Crippen molar-refractivity contribution in [1.29, 1.82) is 0 Å². The molecule has 0 spiro atoms. The van der Waals surface area contributed by atoms with Crippen LogP contribution in [0.2, 0.25) is 0 Å². The number of pyridine rings is 1. The summed E-state index contributed by atoms with van der Waals surface area (Å²) < 4.78 is 5.63. The molecule has 0 aliphatic carbocycles. The smallest absolute Gasteiger partial charge is 0.144 e. The van der Waals surface area contributed by atoms with Crippen LogP contribution in [0.3, 0.4) is 0 Å². The van der Waals surface area contributed by atoms with Crippen LogP contribution in [0.1, 0.15) is 45.1 Å². The minimum absolute atomic E-state index is 0.254. The minimum Gasteiger partial charge on any atom is -0.409 e. The molecule has 0 fully saturated rings. The molecule has 0 aromatic carbocycles. The molecule has 0 saturated heterocycles. The van der Waals surface area contributed by atoms with Crippen molar-refractivity contribution in [2.75, 3.05) is 13.2 Å². The van der Waals surface area contributed by atoms with Crippen LogP contribution in [0, 0.1) is 5.41 Å². The Morgan fingerprint density at radius 2 is 1.90 bits per heavy atom. The van der Waals surface area contributed by atoms with Crippen molar-refractivity contribution < 1.29 is 9.94 Å². The number of amidine groups is 1. The Morgan fingerprint density at radius 1 is 1.24 bits per heavy atom. The fourth-order valence-electron chi connectivity index (χ4n) is 2.06. The van der Waals surface area contributed by atoms with Crippen molar-refractivity contribution in [1.82, 2.24) is 4.98 Å². The van der Waals surface area contributed by atoms with Crippen LogP contribution in [-0.2, 0) is 11.2 Å². The number of rotatable bonds is 10. The predicted molar refractivity (Wildman–Crippen MR) is 84.4 cm³/mol. The average Bonchev–Trinajstić information content (AvgIpc) is 2.50. The van der Waals surface area contributed by atoms with Crippen molar-refractivity contribution in [3.8, 4) is 0 Å². The molecule has 0 atom stereocenters. The molecule has 5 heteroatoms. The molecule has 1 aromatic rings. The van der Waals surface area contributed by atoms with Crippen molar-refractivity contribution >= 4 is 5.84 Å². The fourth-order valence-corrected chi connectivity index (χ4v) is 2.06. The maximum atomic E-state index is 8.70. The van der Waals surface area contributed by atoms with Gasteiger partial charge in [0.15, 0.2) is 0 Å².